The lowest BCUT2D eigenvalue weighted by Gasteiger charge is -2.19. The van der Waals surface area contributed by atoms with Gasteiger partial charge in [-0.3, -0.25) is 4.79 Å². The molecule has 2 N–H and O–H groups in total. The highest BCUT2D eigenvalue weighted by Crippen LogP contribution is 2.26. The number of rotatable bonds is 7. The number of hydrogen-bond acceptors (Lipinski definition) is 4. The van der Waals surface area contributed by atoms with Gasteiger partial charge in [0.1, 0.15) is 5.75 Å². The van der Waals surface area contributed by atoms with Crippen LogP contribution in [0.4, 0.5) is 0 Å². The van der Waals surface area contributed by atoms with E-state index < -0.39 is 27.8 Å². The van der Waals surface area contributed by atoms with E-state index >= 15 is 0 Å². The van der Waals surface area contributed by atoms with Crippen molar-refractivity contribution in [3.05, 3.63) is 29.8 Å². The molecule has 0 fully saturated rings. The minimum Gasteiger partial charge on any atom is -0.491 e. The van der Waals surface area contributed by atoms with E-state index in [4.69, 9.17) is 9.84 Å². The number of carbonyl (C=O) groups is 1. The van der Waals surface area contributed by atoms with Gasteiger partial charge in [0, 0.05) is 11.6 Å². The highest BCUT2D eigenvalue weighted by molar-refractivity contribution is 7.90. The lowest BCUT2D eigenvalue weighted by Crippen LogP contribution is -2.32. The van der Waals surface area contributed by atoms with E-state index in [0.717, 1.165) is 0 Å². The summed E-state index contributed by atoms with van der Waals surface area (Å²) in [6, 6.07) is 6.47. The van der Waals surface area contributed by atoms with Crippen molar-refractivity contribution in [2.24, 2.45) is 0 Å². The Hall–Kier alpha value is -1.60. The Morgan fingerprint density at radius 3 is 2.45 bits per heavy atom. The van der Waals surface area contributed by atoms with Crippen molar-refractivity contribution in [3.63, 3.8) is 0 Å². The molecule has 0 heterocycles. The van der Waals surface area contributed by atoms with Crippen LogP contribution in [-0.2, 0) is 14.8 Å². The van der Waals surface area contributed by atoms with E-state index in [0.29, 0.717) is 11.3 Å². The van der Waals surface area contributed by atoms with Gasteiger partial charge in [-0.2, -0.15) is 0 Å². The Morgan fingerprint density at radius 1 is 1.30 bits per heavy atom. The molecule has 1 atom stereocenters. The number of ether oxygens (including phenoxy) is 1. The van der Waals surface area contributed by atoms with Crippen molar-refractivity contribution >= 4 is 16.0 Å². The van der Waals surface area contributed by atoms with Crippen LogP contribution in [0.3, 0.4) is 0 Å². The van der Waals surface area contributed by atoms with Gasteiger partial charge < -0.3 is 9.84 Å². The van der Waals surface area contributed by atoms with E-state index in [1.165, 1.54) is 0 Å². The Morgan fingerprint density at radius 2 is 1.90 bits per heavy atom. The van der Waals surface area contributed by atoms with Crippen LogP contribution in [0, 0.1) is 0 Å². The first-order chi connectivity index (χ1) is 9.21. The average Bonchev–Trinajstić information content (AvgIpc) is 2.25. The Labute approximate surface area is 118 Å². The molecule has 0 bridgehead atoms. The third-order valence-electron chi connectivity index (χ3n) is 2.42. The molecule has 0 aliphatic carbocycles. The third kappa shape index (κ3) is 5.18. The summed E-state index contributed by atoms with van der Waals surface area (Å²) in [7, 11) is -3.88. The monoisotopic (exact) mass is 301 g/mol. The maximum atomic E-state index is 11.6. The summed E-state index contributed by atoms with van der Waals surface area (Å²) in [5.74, 6) is -1.77. The number of carboxylic acid groups (broad SMARTS) is 1. The maximum Gasteiger partial charge on any atom is 0.320 e. The second kappa shape index (κ2) is 6.71. The second-order valence-electron chi connectivity index (χ2n) is 4.70. The largest absolute Gasteiger partial charge is 0.491 e. The van der Waals surface area contributed by atoms with Crippen LogP contribution < -0.4 is 9.46 Å². The third-order valence-corrected chi connectivity index (χ3v) is 3.76. The van der Waals surface area contributed by atoms with Crippen LogP contribution in [0.1, 0.15) is 32.4 Å². The van der Waals surface area contributed by atoms with E-state index in [2.05, 4.69) is 4.72 Å². The van der Waals surface area contributed by atoms with Crippen molar-refractivity contribution < 1.29 is 23.1 Å². The minimum absolute atomic E-state index is 0.0426. The summed E-state index contributed by atoms with van der Waals surface area (Å²) in [6.07, 6.45) is -0.0426. The lowest BCUT2D eigenvalue weighted by atomic mass is 10.1. The molecule has 20 heavy (non-hydrogen) atoms. The summed E-state index contributed by atoms with van der Waals surface area (Å²) in [4.78, 5) is 10.5. The fraction of sp³-hybridized carbons (Fsp3) is 0.462. The van der Waals surface area contributed by atoms with Gasteiger partial charge in [-0.1, -0.05) is 18.2 Å². The molecule has 7 heteroatoms. The Bertz CT molecular complexity index is 568. The minimum atomic E-state index is -3.88. The summed E-state index contributed by atoms with van der Waals surface area (Å²) >= 11 is 0. The maximum absolute atomic E-state index is 11.6. The van der Waals surface area contributed by atoms with E-state index in [1.54, 1.807) is 31.2 Å². The van der Waals surface area contributed by atoms with Crippen LogP contribution in [0.15, 0.2) is 24.3 Å². The first-order valence-electron chi connectivity index (χ1n) is 6.18. The van der Waals surface area contributed by atoms with Gasteiger partial charge in [-0.05, 0) is 26.8 Å². The van der Waals surface area contributed by atoms with Crippen LogP contribution in [-0.4, -0.2) is 31.4 Å². The highest BCUT2D eigenvalue weighted by Gasteiger charge is 2.21. The quantitative estimate of drug-likeness (QED) is 0.797. The van der Waals surface area contributed by atoms with E-state index in [1.807, 2.05) is 13.8 Å². The molecule has 0 aromatic heterocycles. The number of aliphatic carboxylic acids is 1. The predicted octanol–water partition coefficient (Wildman–Crippen LogP) is 1.54. The van der Waals surface area contributed by atoms with Gasteiger partial charge >= 0.3 is 5.97 Å². The first-order valence-corrected chi connectivity index (χ1v) is 7.84. The number of benzene rings is 1. The van der Waals surface area contributed by atoms with Crippen LogP contribution in [0.25, 0.3) is 0 Å². The molecule has 1 rings (SSSR count). The standard InChI is InChI=1S/C13H19NO5S/c1-9(2)19-12-7-5-4-6-11(12)10(3)14-20(17,18)8-13(15)16/h4-7,9-10,14H,8H2,1-3H3,(H,15,16). The number of sulfonamides is 1. The summed E-state index contributed by atoms with van der Waals surface area (Å²) in [5, 5.41) is 8.56. The molecular weight excluding hydrogens is 282 g/mol. The van der Waals surface area contributed by atoms with Gasteiger partial charge in [-0.15, -0.1) is 0 Å². The molecule has 1 aromatic carbocycles. The molecule has 112 valence electrons. The molecule has 1 aromatic rings. The summed E-state index contributed by atoms with van der Waals surface area (Å²) in [5.41, 5.74) is 0.662. The fourth-order valence-electron chi connectivity index (χ4n) is 1.74. The lowest BCUT2D eigenvalue weighted by molar-refractivity contribution is -0.134. The van der Waals surface area contributed by atoms with E-state index in [9.17, 15) is 13.2 Å². The van der Waals surface area contributed by atoms with Crippen molar-refractivity contribution in [1.82, 2.24) is 4.72 Å². The van der Waals surface area contributed by atoms with Crippen molar-refractivity contribution in [1.29, 1.82) is 0 Å². The molecule has 0 saturated carbocycles. The van der Waals surface area contributed by atoms with E-state index in [-0.39, 0.29) is 6.10 Å². The van der Waals surface area contributed by atoms with Crippen molar-refractivity contribution in [2.75, 3.05) is 5.75 Å². The fourth-order valence-corrected chi connectivity index (χ4v) is 2.81. The second-order valence-corrected chi connectivity index (χ2v) is 6.45. The Kier molecular flexibility index (Phi) is 5.52. The van der Waals surface area contributed by atoms with Gasteiger partial charge in [0.15, 0.2) is 5.75 Å². The zero-order chi connectivity index (χ0) is 15.3. The number of hydrogen-bond donors (Lipinski definition) is 2. The van der Waals surface area contributed by atoms with Crippen molar-refractivity contribution in [3.8, 4) is 5.75 Å². The molecular formula is C13H19NO5S. The number of nitrogens with one attached hydrogen (secondary N) is 1. The number of carboxylic acids is 1. The van der Waals surface area contributed by atoms with Crippen LogP contribution in [0.2, 0.25) is 0 Å². The number of para-hydroxylation sites is 1. The average molecular weight is 301 g/mol. The molecule has 0 radical (unpaired) electrons. The molecule has 0 aliphatic rings. The molecule has 0 aliphatic heterocycles. The van der Waals surface area contributed by atoms with Crippen LogP contribution >= 0.6 is 0 Å². The molecule has 1 unspecified atom stereocenters. The van der Waals surface area contributed by atoms with Crippen LogP contribution in [0.5, 0.6) is 5.75 Å². The Balaban J connectivity index is 2.92. The zero-order valence-corrected chi connectivity index (χ0v) is 12.5. The molecule has 6 nitrogen and oxygen atoms in total. The predicted molar refractivity (Wildman–Crippen MR) is 75.2 cm³/mol. The van der Waals surface area contributed by atoms with Gasteiger partial charge in [-0.25, -0.2) is 13.1 Å². The van der Waals surface area contributed by atoms with Crippen molar-refractivity contribution in [2.45, 2.75) is 32.9 Å². The topological polar surface area (TPSA) is 92.7 Å². The summed E-state index contributed by atoms with van der Waals surface area (Å²) in [6.45, 7) is 5.38. The smallest absolute Gasteiger partial charge is 0.320 e. The normalized spacial score (nSPS) is 13.2. The van der Waals surface area contributed by atoms with Gasteiger partial charge in [0.2, 0.25) is 10.0 Å². The molecule has 0 spiro atoms. The SMILES string of the molecule is CC(C)Oc1ccccc1C(C)NS(=O)(=O)CC(=O)O. The molecule has 0 saturated heterocycles. The van der Waals surface area contributed by atoms with Gasteiger partial charge in [0.05, 0.1) is 6.10 Å². The van der Waals surface area contributed by atoms with Gasteiger partial charge in [0.25, 0.3) is 0 Å². The highest BCUT2D eigenvalue weighted by atomic mass is 32.2. The summed E-state index contributed by atoms with van der Waals surface area (Å²) < 4.78 is 31.2. The first kappa shape index (κ1) is 16.5. The zero-order valence-electron chi connectivity index (χ0n) is 11.7. The molecule has 0 amide bonds.